The highest BCUT2D eigenvalue weighted by Crippen LogP contribution is 2.30. The van der Waals surface area contributed by atoms with E-state index in [1.165, 1.54) is 23.5 Å². The lowest BCUT2D eigenvalue weighted by molar-refractivity contribution is 0.129. The summed E-state index contributed by atoms with van der Waals surface area (Å²) in [6.07, 6.45) is 4.36. The van der Waals surface area contributed by atoms with E-state index in [1.807, 2.05) is 0 Å². The number of pyridine rings is 1. The number of aromatic nitrogens is 1. The molecule has 3 rings (SSSR count). The van der Waals surface area contributed by atoms with Gasteiger partial charge in [0, 0.05) is 18.9 Å². The van der Waals surface area contributed by atoms with E-state index in [0.717, 1.165) is 12.5 Å². The summed E-state index contributed by atoms with van der Waals surface area (Å²) in [5.74, 6) is 0.141. The van der Waals surface area contributed by atoms with Crippen LogP contribution in [-0.4, -0.2) is 44.0 Å². The summed E-state index contributed by atoms with van der Waals surface area (Å²) in [6.45, 7) is 0.558. The van der Waals surface area contributed by atoms with Gasteiger partial charge in [0.2, 0.25) is 10.0 Å². The van der Waals surface area contributed by atoms with Gasteiger partial charge in [-0.3, -0.25) is 4.98 Å². The van der Waals surface area contributed by atoms with Crippen LogP contribution in [0.2, 0.25) is 0 Å². The van der Waals surface area contributed by atoms with Crippen LogP contribution in [0.1, 0.15) is 12.8 Å². The molecule has 2 heterocycles. The zero-order valence-corrected chi connectivity index (χ0v) is 14.6. The average molecular weight is 366 g/mol. The first-order valence-electron chi connectivity index (χ1n) is 7.91. The van der Waals surface area contributed by atoms with E-state index in [1.54, 1.807) is 24.5 Å². The molecule has 0 spiro atoms. The topological polar surface area (TPSA) is 68.7 Å². The molecule has 1 fully saturated rings. The van der Waals surface area contributed by atoms with E-state index >= 15 is 0 Å². The van der Waals surface area contributed by atoms with Gasteiger partial charge in [-0.15, -0.1) is 0 Å². The summed E-state index contributed by atoms with van der Waals surface area (Å²) < 4.78 is 51.7. The highest BCUT2D eigenvalue weighted by molar-refractivity contribution is 7.89. The van der Waals surface area contributed by atoms with E-state index in [-0.39, 0.29) is 23.3 Å². The third-order valence-corrected chi connectivity index (χ3v) is 5.92. The van der Waals surface area contributed by atoms with Crippen LogP contribution in [0.5, 0.6) is 11.5 Å². The van der Waals surface area contributed by atoms with Crippen molar-refractivity contribution in [3.8, 4) is 11.5 Å². The fourth-order valence-electron chi connectivity index (χ4n) is 2.82. The van der Waals surface area contributed by atoms with Gasteiger partial charge in [-0.05, 0) is 43.2 Å². The molecule has 2 aromatic rings. The largest absolute Gasteiger partial charge is 0.495 e. The van der Waals surface area contributed by atoms with Crippen molar-refractivity contribution in [2.45, 2.75) is 23.8 Å². The molecule has 0 radical (unpaired) electrons. The Morgan fingerprint density at radius 3 is 2.72 bits per heavy atom. The minimum absolute atomic E-state index is 0.124. The average Bonchev–Trinajstić information content (AvgIpc) is 2.63. The zero-order valence-electron chi connectivity index (χ0n) is 13.8. The van der Waals surface area contributed by atoms with Crippen LogP contribution >= 0.6 is 0 Å². The van der Waals surface area contributed by atoms with Crippen LogP contribution in [0, 0.1) is 5.82 Å². The maximum Gasteiger partial charge on any atom is 0.246 e. The van der Waals surface area contributed by atoms with Crippen LogP contribution in [-0.2, 0) is 10.0 Å². The van der Waals surface area contributed by atoms with Gasteiger partial charge in [-0.2, -0.15) is 4.31 Å². The fraction of sp³-hybridized carbons (Fsp3) is 0.353. The molecule has 6 nitrogen and oxygen atoms in total. The third kappa shape index (κ3) is 3.91. The number of hydrogen-bond donors (Lipinski definition) is 0. The number of sulfonamides is 1. The lowest BCUT2D eigenvalue weighted by Crippen LogP contribution is -2.44. The van der Waals surface area contributed by atoms with Crippen molar-refractivity contribution < 1.29 is 22.3 Å². The Bertz CT molecular complexity index is 830. The van der Waals surface area contributed by atoms with Gasteiger partial charge in [-0.1, -0.05) is 0 Å². The van der Waals surface area contributed by atoms with Gasteiger partial charge < -0.3 is 9.47 Å². The van der Waals surface area contributed by atoms with E-state index in [2.05, 4.69) is 4.98 Å². The Kier molecular flexibility index (Phi) is 5.19. The second-order valence-electron chi connectivity index (χ2n) is 5.72. The molecule has 8 heteroatoms. The second kappa shape index (κ2) is 7.37. The number of nitrogens with zero attached hydrogens (tertiary/aromatic N) is 2. The predicted molar refractivity (Wildman–Crippen MR) is 89.6 cm³/mol. The number of methoxy groups -OCH3 is 1. The van der Waals surface area contributed by atoms with Gasteiger partial charge in [0.1, 0.15) is 28.3 Å². The molecule has 0 aliphatic carbocycles. The Morgan fingerprint density at radius 1 is 1.24 bits per heavy atom. The number of hydrogen-bond acceptors (Lipinski definition) is 5. The van der Waals surface area contributed by atoms with Crippen LogP contribution in [0.15, 0.2) is 47.6 Å². The van der Waals surface area contributed by atoms with Crippen LogP contribution in [0.25, 0.3) is 0 Å². The Balaban J connectivity index is 1.81. The Hall–Kier alpha value is -2.19. The number of rotatable bonds is 5. The minimum Gasteiger partial charge on any atom is -0.495 e. The van der Waals surface area contributed by atoms with Crippen LogP contribution in [0.3, 0.4) is 0 Å². The molecule has 0 amide bonds. The number of piperidine rings is 1. The lowest BCUT2D eigenvalue weighted by Gasteiger charge is -2.32. The van der Waals surface area contributed by atoms with Crippen LogP contribution in [0.4, 0.5) is 4.39 Å². The summed E-state index contributed by atoms with van der Waals surface area (Å²) in [7, 11) is -2.52. The standard InChI is InChI=1S/C17H19FN2O4S/c1-23-16-5-4-13(18)11-17(16)25(21,22)20-10-2-3-15(12-20)24-14-6-8-19-9-7-14/h4-9,11,15H,2-3,10,12H2,1H3. The summed E-state index contributed by atoms with van der Waals surface area (Å²) in [5.41, 5.74) is 0. The molecule has 0 N–H and O–H groups in total. The van der Waals surface area contributed by atoms with Crippen molar-refractivity contribution in [1.29, 1.82) is 0 Å². The number of halogens is 1. The highest BCUT2D eigenvalue weighted by atomic mass is 32.2. The molecule has 25 heavy (non-hydrogen) atoms. The van der Waals surface area contributed by atoms with Crippen molar-refractivity contribution in [1.82, 2.24) is 9.29 Å². The van der Waals surface area contributed by atoms with Gasteiger partial charge in [-0.25, -0.2) is 12.8 Å². The molecule has 1 unspecified atom stereocenters. The lowest BCUT2D eigenvalue weighted by atomic mass is 10.1. The van der Waals surface area contributed by atoms with Crippen molar-refractivity contribution in [3.05, 3.63) is 48.5 Å². The molecular weight excluding hydrogens is 347 g/mol. The third-order valence-electron chi connectivity index (χ3n) is 4.04. The molecular formula is C17H19FN2O4S. The summed E-state index contributed by atoms with van der Waals surface area (Å²) in [4.78, 5) is 3.76. The highest BCUT2D eigenvalue weighted by Gasteiger charge is 2.33. The first kappa shape index (κ1) is 17.6. The number of ether oxygens (including phenoxy) is 2. The molecule has 0 bridgehead atoms. The zero-order chi connectivity index (χ0) is 17.9. The molecule has 1 atom stereocenters. The maximum absolute atomic E-state index is 13.6. The molecule has 1 saturated heterocycles. The van der Waals surface area contributed by atoms with Gasteiger partial charge >= 0.3 is 0 Å². The summed E-state index contributed by atoms with van der Waals surface area (Å²) in [5, 5.41) is 0. The fourth-order valence-corrected chi connectivity index (χ4v) is 4.50. The maximum atomic E-state index is 13.6. The normalized spacial score (nSPS) is 18.7. The monoisotopic (exact) mass is 366 g/mol. The summed E-state index contributed by atoms with van der Waals surface area (Å²) in [6, 6.07) is 6.92. The van der Waals surface area contributed by atoms with E-state index in [4.69, 9.17) is 9.47 Å². The first-order valence-corrected chi connectivity index (χ1v) is 9.35. The quantitative estimate of drug-likeness (QED) is 0.813. The van der Waals surface area contributed by atoms with E-state index in [9.17, 15) is 12.8 Å². The molecule has 1 aromatic carbocycles. The molecule has 134 valence electrons. The van der Waals surface area contributed by atoms with Crippen molar-refractivity contribution in [3.63, 3.8) is 0 Å². The first-order chi connectivity index (χ1) is 12.0. The Morgan fingerprint density at radius 2 is 2.00 bits per heavy atom. The minimum atomic E-state index is -3.88. The van der Waals surface area contributed by atoms with Crippen LogP contribution < -0.4 is 9.47 Å². The van der Waals surface area contributed by atoms with Gasteiger partial charge in [0.25, 0.3) is 0 Å². The van der Waals surface area contributed by atoms with Gasteiger partial charge in [0.05, 0.1) is 13.7 Å². The van der Waals surface area contributed by atoms with Crippen molar-refractivity contribution in [2.75, 3.05) is 20.2 Å². The Labute approximate surface area is 146 Å². The van der Waals surface area contributed by atoms with Crippen molar-refractivity contribution in [2.24, 2.45) is 0 Å². The molecule has 1 aliphatic rings. The predicted octanol–water partition coefficient (Wildman–Crippen LogP) is 2.46. The van der Waals surface area contributed by atoms with E-state index in [0.29, 0.717) is 18.7 Å². The van der Waals surface area contributed by atoms with E-state index < -0.39 is 15.8 Å². The number of benzene rings is 1. The second-order valence-corrected chi connectivity index (χ2v) is 7.63. The molecule has 1 aliphatic heterocycles. The van der Waals surface area contributed by atoms with Crippen molar-refractivity contribution >= 4 is 10.0 Å². The smallest absolute Gasteiger partial charge is 0.246 e. The molecule has 1 aromatic heterocycles. The molecule has 0 saturated carbocycles. The summed E-state index contributed by atoms with van der Waals surface area (Å²) >= 11 is 0. The van der Waals surface area contributed by atoms with Gasteiger partial charge in [0.15, 0.2) is 0 Å². The SMILES string of the molecule is COc1ccc(F)cc1S(=O)(=O)N1CCCC(Oc2ccncc2)C1.